The summed E-state index contributed by atoms with van der Waals surface area (Å²) in [6, 6.07) is -0.186. The van der Waals surface area contributed by atoms with Crippen molar-refractivity contribution in [1.29, 1.82) is 0 Å². The smallest absolute Gasteiger partial charge is 0.375 e. The van der Waals surface area contributed by atoms with Crippen LogP contribution in [0.25, 0.3) is 0 Å². The Morgan fingerprint density at radius 3 is 2.85 bits per heavy atom. The molecule has 2 heterocycles. The second-order valence-corrected chi connectivity index (χ2v) is 6.15. The number of carbonyl (C=O) groups excluding carboxylic acids is 1. The molecular formula is C12H15F3N2O2S. The van der Waals surface area contributed by atoms with E-state index in [0.29, 0.717) is 30.8 Å². The molecule has 0 saturated carbocycles. The number of rotatable bonds is 2. The summed E-state index contributed by atoms with van der Waals surface area (Å²) < 4.78 is 43.6. The molecule has 0 radical (unpaired) electrons. The molecule has 1 amide bonds. The molecule has 1 aromatic rings. The lowest BCUT2D eigenvalue weighted by molar-refractivity contribution is -0.141. The van der Waals surface area contributed by atoms with Gasteiger partial charge in [0.15, 0.2) is 5.69 Å². The highest BCUT2D eigenvalue weighted by molar-refractivity contribution is 7.11. The molecule has 0 aromatic carbocycles. The summed E-state index contributed by atoms with van der Waals surface area (Å²) in [5.74, 6) is -0.720. The highest BCUT2D eigenvalue weighted by Crippen LogP contribution is 2.33. The van der Waals surface area contributed by atoms with Gasteiger partial charge in [-0.1, -0.05) is 0 Å². The van der Waals surface area contributed by atoms with Crippen molar-refractivity contribution in [2.45, 2.75) is 44.5 Å². The maximum atomic E-state index is 12.7. The number of hydrogen-bond acceptors (Lipinski definition) is 4. The van der Waals surface area contributed by atoms with Crippen molar-refractivity contribution in [1.82, 2.24) is 10.3 Å². The number of nitrogens with one attached hydrogen (secondary N) is 1. The van der Waals surface area contributed by atoms with E-state index in [1.807, 2.05) is 13.8 Å². The molecule has 8 heteroatoms. The number of nitrogens with zero attached hydrogens (tertiary/aromatic N) is 1. The van der Waals surface area contributed by atoms with Crippen molar-refractivity contribution in [2.75, 3.05) is 6.61 Å². The topological polar surface area (TPSA) is 51.2 Å². The lowest BCUT2D eigenvalue weighted by atomic mass is 9.94. The minimum absolute atomic E-state index is 0.186. The van der Waals surface area contributed by atoms with E-state index in [9.17, 15) is 18.0 Å². The number of ether oxygens (including phenoxy) is 1. The molecule has 1 aromatic heterocycles. The third-order valence-electron chi connectivity index (χ3n) is 3.07. The lowest BCUT2D eigenvalue weighted by Gasteiger charge is -2.35. The Hall–Kier alpha value is -1.15. The zero-order valence-corrected chi connectivity index (χ0v) is 11.9. The van der Waals surface area contributed by atoms with Crippen LogP contribution in [0, 0.1) is 0 Å². The minimum atomic E-state index is -4.61. The monoisotopic (exact) mass is 308 g/mol. The van der Waals surface area contributed by atoms with Gasteiger partial charge in [-0.25, -0.2) is 4.98 Å². The second kappa shape index (κ2) is 5.33. The normalized spacial score (nSPS) is 22.6. The van der Waals surface area contributed by atoms with E-state index in [4.69, 9.17) is 4.74 Å². The van der Waals surface area contributed by atoms with Crippen LogP contribution < -0.4 is 5.32 Å². The average molecular weight is 308 g/mol. The molecule has 20 heavy (non-hydrogen) atoms. The molecular weight excluding hydrogens is 293 g/mol. The van der Waals surface area contributed by atoms with E-state index in [-0.39, 0.29) is 16.5 Å². The van der Waals surface area contributed by atoms with Crippen molar-refractivity contribution < 1.29 is 22.7 Å². The van der Waals surface area contributed by atoms with Gasteiger partial charge in [0.2, 0.25) is 0 Å². The number of hydrogen-bond donors (Lipinski definition) is 1. The Kier molecular flexibility index (Phi) is 4.06. The third-order valence-corrected chi connectivity index (χ3v) is 3.90. The molecule has 0 spiro atoms. The lowest BCUT2D eigenvalue weighted by Crippen LogP contribution is -2.45. The number of thiazole rings is 1. The largest absolute Gasteiger partial charge is 0.434 e. The number of carbonyl (C=O) groups is 1. The molecule has 4 nitrogen and oxygen atoms in total. The van der Waals surface area contributed by atoms with Crippen LogP contribution >= 0.6 is 11.3 Å². The van der Waals surface area contributed by atoms with Crippen LogP contribution in [0.4, 0.5) is 13.2 Å². The highest BCUT2D eigenvalue weighted by Gasteiger charge is 2.39. The maximum absolute atomic E-state index is 12.7. The molecule has 112 valence electrons. The summed E-state index contributed by atoms with van der Waals surface area (Å²) in [4.78, 5) is 14.8. The Balaban J connectivity index is 2.08. The van der Waals surface area contributed by atoms with Crippen LogP contribution in [0.2, 0.25) is 0 Å². The molecule has 1 atom stereocenters. The zero-order valence-electron chi connectivity index (χ0n) is 11.1. The molecule has 1 N–H and O–H groups in total. The third kappa shape index (κ3) is 3.49. The Bertz CT molecular complexity index is 499. The van der Waals surface area contributed by atoms with Crippen LogP contribution in [0.15, 0.2) is 5.51 Å². The first kappa shape index (κ1) is 15.2. The second-order valence-electron chi connectivity index (χ2n) is 5.30. The van der Waals surface area contributed by atoms with Crippen molar-refractivity contribution >= 4 is 17.2 Å². The van der Waals surface area contributed by atoms with Crippen molar-refractivity contribution in [3.8, 4) is 0 Å². The fourth-order valence-corrected chi connectivity index (χ4v) is 2.92. The fourth-order valence-electron chi connectivity index (χ4n) is 2.22. The molecule has 0 aliphatic carbocycles. The van der Waals surface area contributed by atoms with Gasteiger partial charge >= 0.3 is 6.18 Å². The summed E-state index contributed by atoms with van der Waals surface area (Å²) in [6.07, 6.45) is -3.45. The van der Waals surface area contributed by atoms with Crippen molar-refractivity contribution in [3.63, 3.8) is 0 Å². The van der Waals surface area contributed by atoms with Crippen molar-refractivity contribution in [2.24, 2.45) is 0 Å². The van der Waals surface area contributed by atoms with E-state index < -0.39 is 17.8 Å². The van der Waals surface area contributed by atoms with Gasteiger partial charge in [-0.3, -0.25) is 4.79 Å². The predicted molar refractivity (Wildman–Crippen MR) is 67.6 cm³/mol. The molecule has 1 fully saturated rings. The first-order valence-corrected chi connectivity index (χ1v) is 7.02. The summed E-state index contributed by atoms with van der Waals surface area (Å²) in [5.41, 5.74) is -0.464. The average Bonchev–Trinajstić information content (AvgIpc) is 2.75. The number of halogens is 3. The van der Waals surface area contributed by atoms with Gasteiger partial charge in [0, 0.05) is 12.6 Å². The Morgan fingerprint density at radius 1 is 1.55 bits per heavy atom. The minimum Gasteiger partial charge on any atom is -0.375 e. The van der Waals surface area contributed by atoms with Gasteiger partial charge in [-0.05, 0) is 26.7 Å². The maximum Gasteiger partial charge on any atom is 0.434 e. The molecule has 2 rings (SSSR count). The first-order valence-electron chi connectivity index (χ1n) is 6.14. The van der Waals surface area contributed by atoms with Crippen molar-refractivity contribution in [3.05, 3.63) is 16.1 Å². The summed E-state index contributed by atoms with van der Waals surface area (Å²) >= 11 is 0.699. The zero-order chi connectivity index (χ0) is 15.0. The van der Waals surface area contributed by atoms with Gasteiger partial charge in [0.1, 0.15) is 4.88 Å². The molecule has 1 aliphatic heterocycles. The van der Waals surface area contributed by atoms with Gasteiger partial charge in [-0.2, -0.15) is 13.2 Å². The predicted octanol–water partition coefficient (Wildman–Crippen LogP) is 2.85. The number of amides is 1. The van der Waals surface area contributed by atoms with E-state index in [1.165, 1.54) is 0 Å². The van der Waals surface area contributed by atoms with E-state index in [1.54, 1.807) is 0 Å². The molecule has 0 bridgehead atoms. The summed E-state index contributed by atoms with van der Waals surface area (Å²) in [7, 11) is 0. The molecule has 0 unspecified atom stereocenters. The number of alkyl halides is 3. The van der Waals surface area contributed by atoms with Crippen LogP contribution in [0.5, 0.6) is 0 Å². The molecule has 1 aliphatic rings. The molecule has 1 saturated heterocycles. The summed E-state index contributed by atoms with van der Waals surface area (Å²) in [6.45, 7) is 4.26. The van der Waals surface area contributed by atoms with Gasteiger partial charge in [-0.15, -0.1) is 11.3 Å². The Labute approximate surface area is 118 Å². The summed E-state index contributed by atoms with van der Waals surface area (Å²) in [5, 5.41) is 2.64. The van der Waals surface area contributed by atoms with Crippen LogP contribution in [-0.2, 0) is 10.9 Å². The highest BCUT2D eigenvalue weighted by atomic mass is 32.1. The quantitative estimate of drug-likeness (QED) is 0.914. The van der Waals surface area contributed by atoms with Crippen LogP contribution in [-0.4, -0.2) is 29.1 Å². The van der Waals surface area contributed by atoms with Gasteiger partial charge in [0.05, 0.1) is 11.1 Å². The van der Waals surface area contributed by atoms with E-state index >= 15 is 0 Å². The van der Waals surface area contributed by atoms with E-state index in [2.05, 4.69) is 10.3 Å². The standard InChI is InChI=1S/C12H15F3N2O2S/c1-11(2)5-7(3-4-19-11)17-10(18)8-9(12(13,14)15)16-6-20-8/h6-7H,3-5H2,1-2H3,(H,17,18)/t7-/m1/s1. The van der Waals surface area contributed by atoms with E-state index in [0.717, 1.165) is 5.51 Å². The first-order chi connectivity index (χ1) is 9.19. The Morgan fingerprint density at radius 2 is 2.25 bits per heavy atom. The van der Waals surface area contributed by atoms with Gasteiger partial charge < -0.3 is 10.1 Å². The fraction of sp³-hybridized carbons (Fsp3) is 0.667. The van der Waals surface area contributed by atoms with Crippen LogP contribution in [0.1, 0.15) is 42.1 Å². The SMILES string of the molecule is CC1(C)C[C@H](NC(=O)c2scnc2C(F)(F)F)CCO1. The van der Waals surface area contributed by atoms with Crippen LogP contribution in [0.3, 0.4) is 0 Å². The van der Waals surface area contributed by atoms with Gasteiger partial charge in [0.25, 0.3) is 5.91 Å². The number of aromatic nitrogens is 1.